The zero-order valence-corrected chi connectivity index (χ0v) is 27.2. The van der Waals surface area contributed by atoms with Crippen molar-refractivity contribution in [1.82, 2.24) is 9.97 Å². The fourth-order valence-electron chi connectivity index (χ4n) is 6.39. The number of ether oxygens (including phenoxy) is 2. The van der Waals surface area contributed by atoms with E-state index in [1.165, 1.54) is 0 Å². The molecule has 234 valence electrons. The molecule has 2 aromatic heterocycles. The van der Waals surface area contributed by atoms with Crippen LogP contribution in [0.1, 0.15) is 25.0 Å². The van der Waals surface area contributed by atoms with Gasteiger partial charge in [0.2, 0.25) is 0 Å². The molecule has 0 spiro atoms. The van der Waals surface area contributed by atoms with E-state index in [0.29, 0.717) is 13.2 Å². The third-order valence-electron chi connectivity index (χ3n) is 8.50. The fraction of sp³-hybridized carbons (Fsp3) is 0.0909. The summed E-state index contributed by atoms with van der Waals surface area (Å²) < 4.78 is 12.2. The first-order chi connectivity index (χ1) is 23.6. The maximum atomic E-state index is 6.12. The van der Waals surface area contributed by atoms with E-state index in [4.69, 9.17) is 19.4 Å². The second kappa shape index (κ2) is 13.4. The Morgan fingerprint density at radius 3 is 1.21 bits per heavy atom. The average molecular weight is 625 g/mol. The summed E-state index contributed by atoms with van der Waals surface area (Å²) in [5.41, 5.74) is 9.55. The van der Waals surface area contributed by atoms with Crippen molar-refractivity contribution >= 4 is 33.7 Å². The first-order valence-corrected chi connectivity index (χ1v) is 16.3. The van der Waals surface area contributed by atoms with Gasteiger partial charge in [-0.05, 0) is 58.7 Å². The molecule has 7 aromatic rings. The Morgan fingerprint density at radius 2 is 0.854 bits per heavy atom. The lowest BCUT2D eigenvalue weighted by Crippen LogP contribution is -1.99. The molecule has 0 amide bonds. The highest BCUT2D eigenvalue weighted by Gasteiger charge is 2.20. The first-order valence-electron chi connectivity index (χ1n) is 16.3. The Labute approximate surface area is 281 Å². The normalized spacial score (nSPS) is 11.0. The highest BCUT2D eigenvalue weighted by molar-refractivity contribution is 6.20. The lowest BCUT2D eigenvalue weighted by molar-refractivity contribution is 0.340. The quantitative estimate of drug-likeness (QED) is 0.142. The molecule has 0 unspecified atom stereocenters. The average Bonchev–Trinajstić information content (AvgIpc) is 3.13. The number of hydrogen-bond acceptors (Lipinski definition) is 4. The predicted octanol–water partition coefficient (Wildman–Crippen LogP) is 11.5. The van der Waals surface area contributed by atoms with Crippen LogP contribution in [-0.4, -0.2) is 23.2 Å². The second-order valence-corrected chi connectivity index (χ2v) is 11.5. The minimum absolute atomic E-state index is 0.551. The van der Waals surface area contributed by atoms with E-state index in [1.807, 2.05) is 62.4 Å². The monoisotopic (exact) mass is 624 g/mol. The molecule has 0 fully saturated rings. The third kappa shape index (κ3) is 5.85. The van der Waals surface area contributed by atoms with Crippen LogP contribution in [0.3, 0.4) is 0 Å². The van der Waals surface area contributed by atoms with Crippen molar-refractivity contribution in [2.45, 2.75) is 13.8 Å². The summed E-state index contributed by atoms with van der Waals surface area (Å²) in [6, 6.07) is 41.7. The zero-order valence-electron chi connectivity index (χ0n) is 27.2. The molecule has 0 saturated heterocycles. The van der Waals surface area contributed by atoms with Gasteiger partial charge in [-0.2, -0.15) is 0 Å². The maximum Gasteiger partial charge on any atom is 0.123 e. The van der Waals surface area contributed by atoms with Crippen LogP contribution in [-0.2, 0) is 0 Å². The molecule has 4 nitrogen and oxygen atoms in total. The fourth-order valence-corrected chi connectivity index (χ4v) is 6.39. The van der Waals surface area contributed by atoms with Gasteiger partial charge >= 0.3 is 0 Å². The van der Waals surface area contributed by atoms with Gasteiger partial charge in [-0.15, -0.1) is 0 Å². The number of aromatic nitrogens is 2. The van der Waals surface area contributed by atoms with Gasteiger partial charge in [-0.3, -0.25) is 0 Å². The van der Waals surface area contributed by atoms with Crippen LogP contribution in [0.15, 0.2) is 134 Å². The predicted molar refractivity (Wildman–Crippen MR) is 201 cm³/mol. The minimum atomic E-state index is 0.551. The molecule has 0 N–H and O–H groups in total. The van der Waals surface area contributed by atoms with E-state index in [-0.39, 0.29) is 0 Å². The summed E-state index contributed by atoms with van der Waals surface area (Å²) in [5.74, 6) is 1.55. The molecule has 0 aliphatic carbocycles. The van der Waals surface area contributed by atoms with Crippen molar-refractivity contribution in [2.24, 2.45) is 0 Å². The van der Waals surface area contributed by atoms with Crippen LogP contribution in [0.25, 0.3) is 78.7 Å². The third-order valence-corrected chi connectivity index (χ3v) is 8.50. The van der Waals surface area contributed by atoms with E-state index < -0.39 is 0 Å². The molecule has 0 aliphatic heterocycles. The van der Waals surface area contributed by atoms with Crippen molar-refractivity contribution in [3.8, 4) is 56.5 Å². The summed E-state index contributed by atoms with van der Waals surface area (Å²) in [6.45, 7) is 13.0. The summed E-state index contributed by atoms with van der Waals surface area (Å²) in [4.78, 5) is 10.6. The van der Waals surface area contributed by atoms with Crippen LogP contribution in [0, 0.1) is 0 Å². The molecule has 0 atom stereocenters. The zero-order chi connectivity index (χ0) is 33.0. The van der Waals surface area contributed by atoms with Gasteiger partial charge in [-0.25, -0.2) is 9.97 Å². The number of fused-ring (bicyclic) bond motifs is 2. The Hall–Kier alpha value is -6.00. The Balaban J connectivity index is 1.52. The lowest BCUT2D eigenvalue weighted by atomic mass is 9.88. The molecular weight excluding hydrogens is 588 g/mol. The van der Waals surface area contributed by atoms with E-state index >= 15 is 0 Å². The minimum Gasteiger partial charge on any atom is -0.494 e. The number of rotatable bonds is 10. The highest BCUT2D eigenvalue weighted by atomic mass is 16.5. The molecule has 4 heteroatoms. The molecule has 0 aliphatic rings. The van der Waals surface area contributed by atoms with E-state index in [2.05, 4.69) is 98.1 Å². The largest absolute Gasteiger partial charge is 0.494 e. The van der Waals surface area contributed by atoms with E-state index in [1.54, 1.807) is 0 Å². The Kier molecular flexibility index (Phi) is 8.55. The maximum absolute atomic E-state index is 6.12. The standard InChI is InChI=1S/C44H36N2O2/c1-5-29-15-13-17-31(23-29)39-25-33(47-7-3)27-41(45-39)43-35-19-9-11-21-37(35)44(38-22-12-10-20-36(38)43)42-28-34(48-8-4)26-40(46-42)32-18-14-16-30(6-2)24-32/h5-6,9-28H,1-2,7-8H2,3-4H3. The van der Waals surface area contributed by atoms with Crippen molar-refractivity contribution in [3.05, 3.63) is 146 Å². The van der Waals surface area contributed by atoms with Crippen LogP contribution < -0.4 is 9.47 Å². The van der Waals surface area contributed by atoms with Crippen molar-refractivity contribution in [1.29, 1.82) is 0 Å². The SMILES string of the molecule is C=Cc1cccc(-c2cc(OCC)cc(-c3c4ccccc4c(-c4cc(OCC)cc(-c5cccc(C=C)c5)n4)c4ccccc34)n2)c1. The number of nitrogens with zero attached hydrogens (tertiary/aromatic N) is 2. The smallest absolute Gasteiger partial charge is 0.123 e. The first kappa shape index (κ1) is 30.6. The second-order valence-electron chi connectivity index (χ2n) is 11.5. The molecule has 0 radical (unpaired) electrons. The summed E-state index contributed by atoms with van der Waals surface area (Å²) in [5, 5.41) is 4.32. The molecule has 48 heavy (non-hydrogen) atoms. The lowest BCUT2D eigenvalue weighted by Gasteiger charge is -2.19. The number of pyridine rings is 2. The Bertz CT molecular complexity index is 2100. The van der Waals surface area contributed by atoms with Gasteiger partial charge in [0.1, 0.15) is 11.5 Å². The molecule has 7 rings (SSSR count). The van der Waals surface area contributed by atoms with E-state index in [9.17, 15) is 0 Å². The van der Waals surface area contributed by atoms with Crippen molar-refractivity contribution < 1.29 is 9.47 Å². The summed E-state index contributed by atoms with van der Waals surface area (Å²) in [7, 11) is 0. The van der Waals surface area contributed by atoms with Gasteiger partial charge in [0, 0.05) is 46.5 Å². The van der Waals surface area contributed by atoms with Gasteiger partial charge in [0.05, 0.1) is 36.0 Å². The highest BCUT2D eigenvalue weighted by Crippen LogP contribution is 2.44. The molecule has 0 bridgehead atoms. The number of hydrogen-bond donors (Lipinski definition) is 0. The van der Waals surface area contributed by atoms with Gasteiger partial charge < -0.3 is 9.47 Å². The van der Waals surface area contributed by atoms with Crippen LogP contribution in [0.4, 0.5) is 0 Å². The molecule has 0 saturated carbocycles. The van der Waals surface area contributed by atoms with Crippen LogP contribution in [0.2, 0.25) is 0 Å². The van der Waals surface area contributed by atoms with Crippen LogP contribution >= 0.6 is 0 Å². The molecule has 5 aromatic carbocycles. The van der Waals surface area contributed by atoms with Gasteiger partial charge in [0.15, 0.2) is 0 Å². The van der Waals surface area contributed by atoms with Crippen LogP contribution in [0.5, 0.6) is 11.5 Å². The van der Waals surface area contributed by atoms with Gasteiger partial charge in [-0.1, -0.05) is 110 Å². The van der Waals surface area contributed by atoms with E-state index in [0.717, 1.165) is 89.2 Å². The number of benzene rings is 5. The van der Waals surface area contributed by atoms with Crippen molar-refractivity contribution in [2.75, 3.05) is 13.2 Å². The topological polar surface area (TPSA) is 44.2 Å². The molecule has 2 heterocycles. The summed E-state index contributed by atoms with van der Waals surface area (Å²) in [6.07, 6.45) is 3.71. The Morgan fingerprint density at radius 1 is 0.479 bits per heavy atom. The van der Waals surface area contributed by atoms with Crippen molar-refractivity contribution in [3.63, 3.8) is 0 Å². The van der Waals surface area contributed by atoms with Gasteiger partial charge in [0.25, 0.3) is 0 Å². The summed E-state index contributed by atoms with van der Waals surface area (Å²) >= 11 is 0. The molecular formula is C44H36N2O2.